The molecule has 1 aromatic heterocycles. The standard InChI is InChI=1S/C11H13N3O3S2/c12-9-1-3-10(4-2-9)19(16,17)14(6-7-15)11-13-5-8-18-11/h1-5,8,15H,6-7,12H2. The summed E-state index contributed by atoms with van der Waals surface area (Å²) in [5, 5.41) is 11.0. The number of nitrogens with two attached hydrogens (primary N) is 1. The molecule has 0 aliphatic heterocycles. The number of aliphatic hydroxyl groups is 1. The number of nitrogen functional groups attached to an aromatic ring is 1. The van der Waals surface area contributed by atoms with E-state index in [1.807, 2.05) is 0 Å². The largest absolute Gasteiger partial charge is 0.399 e. The minimum Gasteiger partial charge on any atom is -0.399 e. The Hall–Kier alpha value is -1.64. The molecule has 102 valence electrons. The number of aromatic nitrogens is 1. The van der Waals surface area contributed by atoms with Crippen molar-refractivity contribution in [3.05, 3.63) is 35.8 Å². The Bertz CT molecular complexity index is 624. The van der Waals surface area contributed by atoms with E-state index in [-0.39, 0.29) is 18.0 Å². The quantitative estimate of drug-likeness (QED) is 0.800. The van der Waals surface area contributed by atoms with E-state index < -0.39 is 10.0 Å². The Morgan fingerprint density at radius 2 is 2.00 bits per heavy atom. The van der Waals surface area contributed by atoms with Gasteiger partial charge < -0.3 is 10.8 Å². The predicted molar refractivity (Wildman–Crippen MR) is 74.6 cm³/mol. The molecule has 0 unspecified atom stereocenters. The van der Waals surface area contributed by atoms with Gasteiger partial charge in [-0.25, -0.2) is 17.7 Å². The Morgan fingerprint density at radius 1 is 1.32 bits per heavy atom. The summed E-state index contributed by atoms with van der Waals surface area (Å²) in [6, 6.07) is 5.91. The van der Waals surface area contributed by atoms with Gasteiger partial charge in [0.2, 0.25) is 0 Å². The number of hydrogen-bond donors (Lipinski definition) is 2. The van der Waals surface area contributed by atoms with Crippen LogP contribution in [0.3, 0.4) is 0 Å². The number of nitrogens with zero attached hydrogens (tertiary/aromatic N) is 2. The van der Waals surface area contributed by atoms with Crippen LogP contribution in [0.25, 0.3) is 0 Å². The summed E-state index contributed by atoms with van der Waals surface area (Å²) >= 11 is 1.20. The first-order valence-corrected chi connectivity index (χ1v) is 7.76. The Kier molecular flexibility index (Phi) is 4.03. The number of anilines is 2. The van der Waals surface area contributed by atoms with E-state index in [1.165, 1.54) is 41.8 Å². The highest BCUT2D eigenvalue weighted by molar-refractivity contribution is 7.93. The van der Waals surface area contributed by atoms with Gasteiger partial charge in [-0.2, -0.15) is 0 Å². The lowest BCUT2D eigenvalue weighted by atomic mass is 10.3. The van der Waals surface area contributed by atoms with Crippen molar-refractivity contribution in [3.63, 3.8) is 0 Å². The molecule has 19 heavy (non-hydrogen) atoms. The molecule has 6 nitrogen and oxygen atoms in total. The van der Waals surface area contributed by atoms with E-state index in [1.54, 1.807) is 5.38 Å². The molecular weight excluding hydrogens is 286 g/mol. The van der Waals surface area contributed by atoms with Crippen LogP contribution in [0.5, 0.6) is 0 Å². The van der Waals surface area contributed by atoms with Crippen LogP contribution < -0.4 is 10.0 Å². The fraction of sp³-hybridized carbons (Fsp3) is 0.182. The summed E-state index contributed by atoms with van der Waals surface area (Å²) < 4.78 is 26.0. The lowest BCUT2D eigenvalue weighted by Crippen LogP contribution is -2.33. The zero-order chi connectivity index (χ0) is 13.9. The van der Waals surface area contributed by atoms with Gasteiger partial charge in [0.25, 0.3) is 10.0 Å². The van der Waals surface area contributed by atoms with E-state index in [9.17, 15) is 8.42 Å². The van der Waals surface area contributed by atoms with Crippen LogP contribution in [-0.2, 0) is 10.0 Å². The van der Waals surface area contributed by atoms with Crippen LogP contribution >= 0.6 is 11.3 Å². The first-order valence-electron chi connectivity index (χ1n) is 5.44. The van der Waals surface area contributed by atoms with Crippen LogP contribution in [0.2, 0.25) is 0 Å². The van der Waals surface area contributed by atoms with Crippen LogP contribution in [-0.4, -0.2) is 31.7 Å². The van der Waals surface area contributed by atoms with Gasteiger partial charge >= 0.3 is 0 Å². The molecule has 0 amide bonds. The van der Waals surface area contributed by atoms with Crippen LogP contribution in [0.4, 0.5) is 10.8 Å². The monoisotopic (exact) mass is 299 g/mol. The van der Waals surface area contributed by atoms with Crippen molar-refractivity contribution in [2.45, 2.75) is 4.90 Å². The second kappa shape index (κ2) is 5.55. The highest BCUT2D eigenvalue weighted by Gasteiger charge is 2.26. The molecule has 8 heteroatoms. The van der Waals surface area contributed by atoms with Gasteiger partial charge in [0.1, 0.15) is 0 Å². The molecule has 0 aliphatic rings. The summed E-state index contributed by atoms with van der Waals surface area (Å²) in [5.74, 6) is 0. The summed E-state index contributed by atoms with van der Waals surface area (Å²) in [6.45, 7) is -0.325. The molecule has 2 aromatic rings. The highest BCUT2D eigenvalue weighted by Crippen LogP contribution is 2.25. The van der Waals surface area contributed by atoms with E-state index in [0.717, 1.165) is 4.31 Å². The molecule has 0 saturated carbocycles. The first kappa shape index (κ1) is 13.8. The maximum absolute atomic E-state index is 12.5. The SMILES string of the molecule is Nc1ccc(S(=O)(=O)N(CCO)c2nccs2)cc1. The number of rotatable bonds is 5. The minimum absolute atomic E-state index is 0.0414. The van der Waals surface area contributed by atoms with Gasteiger partial charge in [0, 0.05) is 17.3 Å². The van der Waals surface area contributed by atoms with Gasteiger partial charge in [-0.05, 0) is 24.3 Å². The fourth-order valence-electron chi connectivity index (χ4n) is 1.52. The topological polar surface area (TPSA) is 96.5 Å². The van der Waals surface area contributed by atoms with E-state index in [0.29, 0.717) is 10.8 Å². The lowest BCUT2D eigenvalue weighted by Gasteiger charge is -2.20. The minimum atomic E-state index is -3.74. The molecule has 1 aromatic carbocycles. The Labute approximate surface area is 115 Å². The van der Waals surface area contributed by atoms with Crippen LogP contribution in [0, 0.1) is 0 Å². The van der Waals surface area contributed by atoms with Gasteiger partial charge in [-0.1, -0.05) is 0 Å². The predicted octanol–water partition coefficient (Wildman–Crippen LogP) is 0.913. The summed E-state index contributed by atoms with van der Waals surface area (Å²) in [6.07, 6.45) is 1.52. The summed E-state index contributed by atoms with van der Waals surface area (Å²) in [7, 11) is -3.74. The third-order valence-electron chi connectivity index (χ3n) is 2.40. The average molecular weight is 299 g/mol. The van der Waals surface area contributed by atoms with Crippen molar-refractivity contribution in [1.82, 2.24) is 4.98 Å². The normalized spacial score (nSPS) is 11.4. The molecule has 0 saturated heterocycles. The molecule has 0 radical (unpaired) electrons. The van der Waals surface area contributed by atoms with E-state index >= 15 is 0 Å². The van der Waals surface area contributed by atoms with Crippen LogP contribution in [0.15, 0.2) is 40.7 Å². The zero-order valence-electron chi connectivity index (χ0n) is 9.93. The van der Waals surface area contributed by atoms with Crippen molar-refractivity contribution in [1.29, 1.82) is 0 Å². The molecule has 0 aliphatic carbocycles. The van der Waals surface area contributed by atoms with Crippen molar-refractivity contribution in [3.8, 4) is 0 Å². The second-order valence-electron chi connectivity index (χ2n) is 3.68. The first-order chi connectivity index (χ1) is 9.05. The van der Waals surface area contributed by atoms with Gasteiger partial charge in [-0.3, -0.25) is 0 Å². The van der Waals surface area contributed by atoms with Crippen molar-refractivity contribution in [2.24, 2.45) is 0 Å². The molecule has 0 bridgehead atoms. The molecule has 3 N–H and O–H groups in total. The number of aliphatic hydroxyl groups excluding tert-OH is 1. The van der Waals surface area contributed by atoms with Gasteiger partial charge in [-0.15, -0.1) is 11.3 Å². The van der Waals surface area contributed by atoms with E-state index in [2.05, 4.69) is 4.98 Å². The second-order valence-corrected chi connectivity index (χ2v) is 6.42. The maximum atomic E-state index is 12.5. The fourth-order valence-corrected chi connectivity index (χ4v) is 3.82. The molecule has 0 fully saturated rings. The Morgan fingerprint density at radius 3 is 2.53 bits per heavy atom. The molecule has 2 rings (SSSR count). The van der Waals surface area contributed by atoms with Crippen molar-refractivity contribution in [2.75, 3.05) is 23.2 Å². The summed E-state index contributed by atoms with van der Waals surface area (Å²) in [4.78, 5) is 4.09. The van der Waals surface area contributed by atoms with Gasteiger partial charge in [0.15, 0.2) is 5.13 Å². The van der Waals surface area contributed by atoms with Crippen molar-refractivity contribution >= 4 is 32.2 Å². The lowest BCUT2D eigenvalue weighted by molar-refractivity contribution is 0.306. The maximum Gasteiger partial charge on any atom is 0.266 e. The summed E-state index contributed by atoms with van der Waals surface area (Å²) in [5.41, 5.74) is 6.03. The molecular formula is C11H13N3O3S2. The molecule has 0 atom stereocenters. The number of benzene rings is 1. The smallest absolute Gasteiger partial charge is 0.266 e. The zero-order valence-corrected chi connectivity index (χ0v) is 11.6. The third-order valence-corrected chi connectivity index (χ3v) is 5.12. The molecule has 1 heterocycles. The number of hydrogen-bond acceptors (Lipinski definition) is 6. The third kappa shape index (κ3) is 2.86. The van der Waals surface area contributed by atoms with Crippen LogP contribution in [0.1, 0.15) is 0 Å². The Balaban J connectivity index is 2.43. The molecule has 0 spiro atoms. The van der Waals surface area contributed by atoms with Gasteiger partial charge in [0.05, 0.1) is 18.0 Å². The number of thiazole rings is 1. The van der Waals surface area contributed by atoms with E-state index in [4.69, 9.17) is 10.8 Å². The average Bonchev–Trinajstić information content (AvgIpc) is 2.89. The highest BCUT2D eigenvalue weighted by atomic mass is 32.2. The number of sulfonamides is 1. The van der Waals surface area contributed by atoms with Crippen molar-refractivity contribution < 1.29 is 13.5 Å².